The van der Waals surface area contributed by atoms with E-state index in [0.29, 0.717) is 0 Å². The normalized spacial score (nSPS) is 13.0. The molecule has 0 amide bonds. The highest BCUT2D eigenvalue weighted by atomic mass is 127. The highest BCUT2D eigenvalue weighted by molar-refractivity contribution is 14.1. The molecule has 0 bridgehead atoms. The van der Waals surface area contributed by atoms with E-state index in [1.807, 2.05) is 0 Å². The zero-order chi connectivity index (χ0) is 12.7. The van der Waals surface area contributed by atoms with E-state index in [0.717, 1.165) is 23.4 Å². The Hall–Kier alpha value is -0.0900. The second-order valence-electron chi connectivity index (χ2n) is 4.96. The van der Waals surface area contributed by atoms with E-state index in [9.17, 15) is 0 Å². The van der Waals surface area contributed by atoms with Gasteiger partial charge in [0.15, 0.2) is 0 Å². The van der Waals surface area contributed by atoms with Gasteiger partial charge in [-0.3, -0.25) is 0 Å². The molecule has 1 aromatic rings. The van der Waals surface area contributed by atoms with Crippen LogP contribution in [0.1, 0.15) is 43.9 Å². The molecule has 0 saturated carbocycles. The number of rotatable bonds is 7. The first kappa shape index (κ1) is 15.0. The first-order valence-electron chi connectivity index (χ1n) is 6.37. The Bertz CT molecular complexity index is 305. The second-order valence-corrected chi connectivity index (χ2v) is 5.84. The number of alkyl halides is 1. The number of ether oxygens (including phenoxy) is 1. The summed E-state index contributed by atoms with van der Waals surface area (Å²) in [5.74, 6) is 0.774. The zero-order valence-corrected chi connectivity index (χ0v) is 13.2. The topological polar surface area (TPSA) is 9.23 Å². The summed E-state index contributed by atoms with van der Waals surface area (Å²) in [6, 6.07) is 8.68. The number of benzene rings is 1. The van der Waals surface area contributed by atoms with E-state index in [2.05, 4.69) is 67.6 Å². The van der Waals surface area contributed by atoms with Crippen molar-refractivity contribution >= 4 is 22.6 Å². The molecule has 0 radical (unpaired) electrons. The Labute approximate surface area is 119 Å². The lowest BCUT2D eigenvalue weighted by atomic mass is 10.1. The van der Waals surface area contributed by atoms with E-state index in [-0.39, 0.29) is 6.10 Å². The van der Waals surface area contributed by atoms with Gasteiger partial charge in [0.25, 0.3) is 0 Å². The largest absolute Gasteiger partial charge is 0.373 e. The zero-order valence-electron chi connectivity index (χ0n) is 11.1. The van der Waals surface area contributed by atoms with Crippen molar-refractivity contribution < 1.29 is 4.74 Å². The van der Waals surface area contributed by atoms with Crippen LogP contribution in [-0.2, 0) is 4.74 Å². The van der Waals surface area contributed by atoms with Crippen LogP contribution in [0.3, 0.4) is 0 Å². The van der Waals surface area contributed by atoms with Gasteiger partial charge >= 0.3 is 0 Å². The third-order valence-electron chi connectivity index (χ3n) is 2.83. The van der Waals surface area contributed by atoms with Crippen LogP contribution >= 0.6 is 22.6 Å². The third kappa shape index (κ3) is 5.87. The Balaban J connectivity index is 2.40. The van der Waals surface area contributed by atoms with Crippen LogP contribution < -0.4 is 0 Å². The summed E-state index contributed by atoms with van der Waals surface area (Å²) in [6.07, 6.45) is 2.67. The number of hydrogen-bond acceptors (Lipinski definition) is 1. The molecule has 1 nitrogen and oxygen atoms in total. The molecule has 17 heavy (non-hydrogen) atoms. The molecular weight excluding hydrogens is 323 g/mol. The third-order valence-corrected chi connectivity index (χ3v) is 3.63. The minimum atomic E-state index is 0.253. The number of halogens is 1. The highest BCUT2D eigenvalue weighted by Gasteiger charge is 2.09. The Morgan fingerprint density at radius 3 is 2.35 bits per heavy atom. The van der Waals surface area contributed by atoms with Crippen molar-refractivity contribution in [3.8, 4) is 0 Å². The molecule has 0 heterocycles. The maximum Gasteiger partial charge on any atom is 0.0914 e. The molecule has 0 fully saturated rings. The van der Waals surface area contributed by atoms with Crippen molar-refractivity contribution in [1.82, 2.24) is 0 Å². The van der Waals surface area contributed by atoms with Crippen LogP contribution in [0.25, 0.3) is 0 Å². The minimum absolute atomic E-state index is 0.253. The molecule has 0 aliphatic carbocycles. The molecule has 0 saturated heterocycles. The SMILES string of the molecule is Cc1ccc(C(CI)OCCCC(C)C)cc1. The molecule has 0 aliphatic heterocycles. The minimum Gasteiger partial charge on any atom is -0.373 e. The molecule has 0 aromatic heterocycles. The van der Waals surface area contributed by atoms with Gasteiger partial charge < -0.3 is 4.74 Å². The molecule has 0 N–H and O–H groups in total. The van der Waals surface area contributed by atoms with Crippen molar-refractivity contribution in [2.75, 3.05) is 11.0 Å². The fraction of sp³-hybridized carbons (Fsp3) is 0.600. The molecule has 2 heteroatoms. The summed E-state index contributed by atoms with van der Waals surface area (Å²) in [5, 5.41) is 0. The van der Waals surface area contributed by atoms with Crippen molar-refractivity contribution in [2.24, 2.45) is 5.92 Å². The lowest BCUT2D eigenvalue weighted by Crippen LogP contribution is -2.07. The molecule has 1 unspecified atom stereocenters. The van der Waals surface area contributed by atoms with Crippen LogP contribution in [0.5, 0.6) is 0 Å². The summed E-state index contributed by atoms with van der Waals surface area (Å²) < 4.78 is 6.98. The molecule has 1 rings (SSSR count). The molecule has 0 aliphatic rings. The average Bonchev–Trinajstić information content (AvgIpc) is 2.30. The summed E-state index contributed by atoms with van der Waals surface area (Å²) in [7, 11) is 0. The van der Waals surface area contributed by atoms with Crippen LogP contribution in [0.4, 0.5) is 0 Å². The molecule has 0 spiro atoms. The molecule has 1 atom stereocenters. The van der Waals surface area contributed by atoms with Gasteiger partial charge in [-0.1, -0.05) is 66.3 Å². The van der Waals surface area contributed by atoms with E-state index < -0.39 is 0 Å². The maximum absolute atomic E-state index is 5.96. The Morgan fingerprint density at radius 2 is 1.82 bits per heavy atom. The van der Waals surface area contributed by atoms with Crippen LogP contribution in [0, 0.1) is 12.8 Å². The van der Waals surface area contributed by atoms with Crippen molar-refractivity contribution in [1.29, 1.82) is 0 Å². The second kappa shape index (κ2) is 8.09. The quantitative estimate of drug-likeness (QED) is 0.387. The van der Waals surface area contributed by atoms with Crippen molar-refractivity contribution in [3.05, 3.63) is 35.4 Å². The first-order valence-corrected chi connectivity index (χ1v) is 7.90. The van der Waals surface area contributed by atoms with Crippen molar-refractivity contribution in [2.45, 2.75) is 39.7 Å². The van der Waals surface area contributed by atoms with Gasteiger partial charge in [-0.25, -0.2) is 0 Å². The highest BCUT2D eigenvalue weighted by Crippen LogP contribution is 2.21. The van der Waals surface area contributed by atoms with Gasteiger partial charge in [-0.2, -0.15) is 0 Å². The standard InChI is InChI=1S/C15H23IO/c1-12(2)5-4-10-17-15(11-16)14-8-6-13(3)7-9-14/h6-9,12,15H,4-5,10-11H2,1-3H3. The van der Waals surface area contributed by atoms with E-state index >= 15 is 0 Å². The predicted octanol–water partition coefficient (Wildman–Crippen LogP) is 4.92. The summed E-state index contributed by atoms with van der Waals surface area (Å²) >= 11 is 2.40. The van der Waals surface area contributed by atoms with Gasteiger partial charge in [0, 0.05) is 11.0 Å². The predicted molar refractivity (Wildman–Crippen MR) is 82.8 cm³/mol. The summed E-state index contributed by atoms with van der Waals surface area (Å²) in [5.41, 5.74) is 2.61. The van der Waals surface area contributed by atoms with E-state index in [4.69, 9.17) is 4.74 Å². The molecule has 96 valence electrons. The fourth-order valence-electron chi connectivity index (χ4n) is 1.73. The maximum atomic E-state index is 5.96. The smallest absolute Gasteiger partial charge is 0.0914 e. The molecule has 1 aromatic carbocycles. The van der Waals surface area contributed by atoms with Crippen molar-refractivity contribution in [3.63, 3.8) is 0 Å². The first-order chi connectivity index (χ1) is 8.13. The Morgan fingerprint density at radius 1 is 1.18 bits per heavy atom. The fourth-order valence-corrected chi connectivity index (χ4v) is 2.49. The van der Waals surface area contributed by atoms with Gasteiger partial charge in [0.05, 0.1) is 6.10 Å². The Kier molecular flexibility index (Phi) is 7.12. The number of aryl methyl sites for hydroxylation is 1. The van der Waals surface area contributed by atoms with Crippen LogP contribution in [0.2, 0.25) is 0 Å². The molecular formula is C15H23IO. The van der Waals surface area contributed by atoms with Gasteiger partial charge in [0.2, 0.25) is 0 Å². The number of hydrogen-bond donors (Lipinski definition) is 0. The van der Waals surface area contributed by atoms with Crippen LogP contribution in [-0.4, -0.2) is 11.0 Å². The lowest BCUT2D eigenvalue weighted by Gasteiger charge is -2.16. The van der Waals surface area contributed by atoms with Gasteiger partial charge in [0.1, 0.15) is 0 Å². The van der Waals surface area contributed by atoms with E-state index in [1.54, 1.807) is 0 Å². The lowest BCUT2D eigenvalue weighted by molar-refractivity contribution is 0.0666. The monoisotopic (exact) mass is 346 g/mol. The van der Waals surface area contributed by atoms with Gasteiger partial charge in [-0.05, 0) is 31.2 Å². The van der Waals surface area contributed by atoms with Gasteiger partial charge in [-0.15, -0.1) is 0 Å². The average molecular weight is 346 g/mol. The van der Waals surface area contributed by atoms with E-state index in [1.165, 1.54) is 17.5 Å². The van der Waals surface area contributed by atoms with Crippen LogP contribution in [0.15, 0.2) is 24.3 Å². The summed E-state index contributed by atoms with van der Waals surface area (Å²) in [6.45, 7) is 7.51. The summed E-state index contributed by atoms with van der Waals surface area (Å²) in [4.78, 5) is 0.